The monoisotopic (exact) mass is 630 g/mol. The molecule has 0 bridgehead atoms. The predicted molar refractivity (Wildman–Crippen MR) is 143 cm³/mol. The van der Waals surface area contributed by atoms with Gasteiger partial charge in [-0.1, -0.05) is 21.6 Å². The summed E-state index contributed by atoms with van der Waals surface area (Å²) in [5.41, 5.74) is 10.7. The molecule has 0 aromatic rings. The van der Waals surface area contributed by atoms with Crippen molar-refractivity contribution >= 4 is 69.1 Å². The molecule has 4 atom stereocenters. The van der Waals surface area contributed by atoms with Gasteiger partial charge in [-0.3, -0.25) is 38.4 Å². The third kappa shape index (κ3) is 19.1. The largest absolute Gasteiger partial charge is 0.480 e. The van der Waals surface area contributed by atoms with Gasteiger partial charge in [0.1, 0.15) is 37.3 Å². The van der Waals surface area contributed by atoms with Crippen molar-refractivity contribution in [2.24, 2.45) is 11.5 Å². The van der Waals surface area contributed by atoms with Crippen LogP contribution >= 0.6 is 21.6 Å². The van der Waals surface area contributed by atoms with E-state index in [1.807, 2.05) is 0 Å². The molecule has 21 heteroatoms. The van der Waals surface area contributed by atoms with E-state index < -0.39 is 84.8 Å². The normalized spacial score (nSPS) is 13.2. The molecular formula is C20H34N6O13S2. The number of carboxylic acids is 4. The minimum atomic E-state index is -1.34. The topological polar surface area (TPSA) is 349 Å². The number of hydrogen-bond donors (Lipinski definition) is 10. The molecule has 0 aromatic carbocycles. The molecule has 0 aliphatic heterocycles. The van der Waals surface area contributed by atoms with E-state index in [9.17, 15) is 38.4 Å². The molecule has 0 spiro atoms. The van der Waals surface area contributed by atoms with E-state index in [2.05, 4.69) is 21.3 Å². The lowest BCUT2D eigenvalue weighted by Gasteiger charge is -2.20. The second kappa shape index (κ2) is 21.1. The maximum Gasteiger partial charge on any atom is 0.322 e. The predicted octanol–water partition coefficient (Wildman–Crippen LogP) is -4.70. The maximum absolute atomic E-state index is 12.4. The van der Waals surface area contributed by atoms with Crippen LogP contribution in [0.5, 0.6) is 0 Å². The van der Waals surface area contributed by atoms with Gasteiger partial charge in [0.2, 0.25) is 23.6 Å². The number of nitrogens with two attached hydrogens (primary N) is 2. The van der Waals surface area contributed by atoms with Gasteiger partial charge in [-0.25, -0.2) is 0 Å². The van der Waals surface area contributed by atoms with Crippen molar-refractivity contribution < 1.29 is 64.3 Å². The Morgan fingerprint density at radius 2 is 0.927 bits per heavy atom. The van der Waals surface area contributed by atoms with Crippen molar-refractivity contribution in [3.05, 3.63) is 0 Å². The standard InChI is InChI=1S/C20H32N6O12S2.H2O/c21-9(19(35)36)1-3-13(27)25-11(17(33)23-5-15(29)30)7-39-40-8-12(18(34)24-6-16(31)32)26-14(28)4-2-10(22)20(37)38;/h9-12H,1-8,21-22H2,(H,23,33)(H,24,34)(H,25,27)(H,26,28)(H,29,30)(H,31,32)(H,35,36)(H,37,38);1H2/t9-,10+,11-,12-;/m0./s1. The van der Waals surface area contributed by atoms with E-state index in [1.165, 1.54) is 0 Å². The molecular weight excluding hydrogens is 596 g/mol. The SMILES string of the molecule is N[C@H](CCC(=O)N[C@@H](CSSC[C@H](NC(=O)CC[C@H](N)C(=O)O)C(=O)NCC(=O)O)C(=O)NCC(=O)O)C(=O)O.O. The summed E-state index contributed by atoms with van der Waals surface area (Å²) in [6.07, 6.45) is -1.12. The van der Waals surface area contributed by atoms with Crippen molar-refractivity contribution in [2.75, 3.05) is 24.6 Å². The lowest BCUT2D eigenvalue weighted by molar-refractivity contribution is -0.140. The van der Waals surface area contributed by atoms with Gasteiger partial charge in [-0.15, -0.1) is 0 Å². The average molecular weight is 631 g/mol. The molecule has 14 N–H and O–H groups in total. The van der Waals surface area contributed by atoms with Gasteiger partial charge >= 0.3 is 23.9 Å². The zero-order valence-electron chi connectivity index (χ0n) is 21.5. The van der Waals surface area contributed by atoms with Crippen molar-refractivity contribution in [3.8, 4) is 0 Å². The van der Waals surface area contributed by atoms with E-state index in [0.717, 1.165) is 21.6 Å². The number of carboxylic acid groups (broad SMARTS) is 4. The Morgan fingerprint density at radius 1 is 0.610 bits per heavy atom. The van der Waals surface area contributed by atoms with Gasteiger partial charge in [0.25, 0.3) is 0 Å². The van der Waals surface area contributed by atoms with Crippen LogP contribution in [-0.4, -0.2) is 122 Å². The Morgan fingerprint density at radius 3 is 1.20 bits per heavy atom. The van der Waals surface area contributed by atoms with Crippen LogP contribution in [0.3, 0.4) is 0 Å². The van der Waals surface area contributed by atoms with Gasteiger partial charge in [0.05, 0.1) is 0 Å². The molecule has 0 fully saturated rings. The third-order valence-corrected chi connectivity index (χ3v) is 7.11. The second-order valence-corrected chi connectivity index (χ2v) is 10.6. The number of carbonyl (C=O) groups excluding carboxylic acids is 4. The highest BCUT2D eigenvalue weighted by molar-refractivity contribution is 8.76. The summed E-state index contributed by atoms with van der Waals surface area (Å²) in [7, 11) is 1.89. The summed E-state index contributed by atoms with van der Waals surface area (Å²) in [4.78, 5) is 92.3. The molecule has 41 heavy (non-hydrogen) atoms. The van der Waals surface area contributed by atoms with Crippen LogP contribution in [0, 0.1) is 0 Å². The summed E-state index contributed by atoms with van der Waals surface area (Å²) in [6, 6.07) is -5.16. The summed E-state index contributed by atoms with van der Waals surface area (Å²) < 4.78 is 0. The number of nitrogens with one attached hydrogen (secondary N) is 4. The summed E-state index contributed by atoms with van der Waals surface area (Å²) >= 11 is 0. The molecule has 0 unspecified atom stereocenters. The average Bonchev–Trinajstić information content (AvgIpc) is 2.87. The van der Waals surface area contributed by atoms with E-state index in [-0.39, 0.29) is 42.7 Å². The Bertz CT molecular complexity index is 881. The first-order valence-corrected chi connectivity index (χ1v) is 13.9. The molecule has 0 aliphatic rings. The van der Waals surface area contributed by atoms with Crippen LogP contribution in [0.2, 0.25) is 0 Å². The molecule has 0 saturated carbocycles. The fraction of sp³-hybridized carbons (Fsp3) is 0.600. The van der Waals surface area contributed by atoms with Gasteiger partial charge in [-0.05, 0) is 12.8 Å². The number of aliphatic carboxylic acids is 4. The number of rotatable bonds is 21. The third-order valence-electron chi connectivity index (χ3n) is 4.68. The minimum Gasteiger partial charge on any atom is -0.480 e. The van der Waals surface area contributed by atoms with E-state index in [4.69, 9.17) is 31.9 Å². The van der Waals surface area contributed by atoms with Gasteiger partial charge in [0, 0.05) is 24.3 Å². The van der Waals surface area contributed by atoms with Gasteiger partial charge in [0.15, 0.2) is 0 Å². The fourth-order valence-corrected chi connectivity index (χ4v) is 4.85. The fourth-order valence-electron chi connectivity index (χ4n) is 2.52. The highest BCUT2D eigenvalue weighted by Crippen LogP contribution is 2.23. The maximum atomic E-state index is 12.4. The first-order valence-electron chi connectivity index (χ1n) is 11.4. The molecule has 0 aliphatic carbocycles. The summed E-state index contributed by atoms with van der Waals surface area (Å²) in [6.45, 7) is -1.48. The molecule has 0 saturated heterocycles. The van der Waals surface area contributed by atoms with Crippen LogP contribution in [0.4, 0.5) is 0 Å². The molecule has 4 amide bonds. The van der Waals surface area contributed by atoms with Crippen LogP contribution in [0.15, 0.2) is 0 Å². The Labute approximate surface area is 240 Å². The zero-order valence-corrected chi connectivity index (χ0v) is 23.1. The van der Waals surface area contributed by atoms with Crippen LogP contribution in [0.1, 0.15) is 25.7 Å². The first kappa shape index (κ1) is 39.5. The highest BCUT2D eigenvalue weighted by Gasteiger charge is 2.25. The van der Waals surface area contributed by atoms with Crippen molar-refractivity contribution in [1.29, 1.82) is 0 Å². The van der Waals surface area contributed by atoms with Gasteiger partial charge < -0.3 is 58.6 Å². The van der Waals surface area contributed by atoms with Crippen LogP contribution in [0.25, 0.3) is 0 Å². The molecule has 19 nitrogen and oxygen atoms in total. The van der Waals surface area contributed by atoms with Crippen LogP contribution in [-0.2, 0) is 38.4 Å². The second-order valence-electron chi connectivity index (χ2n) is 8.00. The molecule has 0 aromatic heterocycles. The number of amides is 4. The quantitative estimate of drug-likeness (QED) is 0.0420. The Hall–Kier alpha value is -3.66. The van der Waals surface area contributed by atoms with Crippen LogP contribution < -0.4 is 32.7 Å². The Balaban J connectivity index is 0. The lowest BCUT2D eigenvalue weighted by Crippen LogP contribution is -2.50. The van der Waals surface area contributed by atoms with E-state index in [1.54, 1.807) is 0 Å². The Kier molecular flexibility index (Phi) is 20.4. The summed E-state index contributed by atoms with van der Waals surface area (Å²) in [5.74, 6) is -8.81. The van der Waals surface area contributed by atoms with E-state index in [0.29, 0.717) is 0 Å². The molecule has 234 valence electrons. The van der Waals surface area contributed by atoms with E-state index >= 15 is 0 Å². The summed E-state index contributed by atoms with van der Waals surface area (Å²) in [5, 5.41) is 44.1. The van der Waals surface area contributed by atoms with Crippen molar-refractivity contribution in [2.45, 2.75) is 49.9 Å². The molecule has 0 heterocycles. The smallest absolute Gasteiger partial charge is 0.322 e. The lowest BCUT2D eigenvalue weighted by atomic mass is 10.1. The van der Waals surface area contributed by atoms with Crippen molar-refractivity contribution in [3.63, 3.8) is 0 Å². The number of carbonyl (C=O) groups is 8. The minimum absolute atomic E-state index is 0. The van der Waals surface area contributed by atoms with Gasteiger partial charge in [-0.2, -0.15) is 0 Å². The zero-order chi connectivity index (χ0) is 30.8. The highest BCUT2D eigenvalue weighted by atomic mass is 33.1. The molecule has 0 radical (unpaired) electrons. The number of hydrogen-bond acceptors (Lipinski definition) is 12. The molecule has 0 rings (SSSR count). The first-order chi connectivity index (χ1) is 18.6. The van der Waals surface area contributed by atoms with Crippen molar-refractivity contribution in [1.82, 2.24) is 21.3 Å².